The molecule has 0 atom stereocenters. The minimum atomic E-state index is -4.07. The Bertz CT molecular complexity index is 775. The molecule has 9 heteroatoms. The van der Waals surface area contributed by atoms with Crippen molar-refractivity contribution in [3.05, 3.63) is 41.2 Å². The van der Waals surface area contributed by atoms with Crippen molar-refractivity contribution >= 4 is 19.7 Å². The highest BCUT2D eigenvalue weighted by atomic mass is 35.7. The normalized spacial score (nSPS) is 12.1. The third-order valence-electron chi connectivity index (χ3n) is 2.85. The molecule has 0 spiro atoms. The molecule has 0 unspecified atom stereocenters. The molecule has 0 radical (unpaired) electrons. The summed E-state index contributed by atoms with van der Waals surface area (Å²) in [7, 11) is 1.22. The van der Waals surface area contributed by atoms with E-state index in [2.05, 4.69) is 10.2 Å². The first-order valence-corrected chi connectivity index (χ1v) is 8.34. The van der Waals surface area contributed by atoms with Gasteiger partial charge < -0.3 is 0 Å². The summed E-state index contributed by atoms with van der Waals surface area (Å²) in [5.41, 5.74) is 0.0582. The standard InChI is InChI=1S/C12H12ClF2N3O2S/c1-7(2)18-10(16-17-12(18)21(13,19)20)6-8-4-3-5-9(14)11(8)15/h3-5,7H,6H2,1-2H3. The van der Waals surface area contributed by atoms with Crippen LogP contribution in [0.1, 0.15) is 31.3 Å². The molecule has 5 nitrogen and oxygen atoms in total. The summed E-state index contributed by atoms with van der Waals surface area (Å²) in [6, 6.07) is 3.45. The number of hydrogen-bond donors (Lipinski definition) is 0. The van der Waals surface area contributed by atoms with Crippen molar-refractivity contribution in [2.75, 3.05) is 0 Å². The first-order valence-electron chi connectivity index (χ1n) is 6.03. The van der Waals surface area contributed by atoms with Gasteiger partial charge in [-0.05, 0) is 25.5 Å². The molecule has 0 fully saturated rings. The fourth-order valence-corrected chi connectivity index (χ4v) is 2.97. The van der Waals surface area contributed by atoms with Crippen LogP contribution in [0.25, 0.3) is 0 Å². The highest BCUT2D eigenvalue weighted by Crippen LogP contribution is 2.22. The molecule has 0 saturated heterocycles. The molecule has 1 aromatic carbocycles. The molecule has 0 saturated carbocycles. The van der Waals surface area contributed by atoms with Crippen molar-refractivity contribution in [3.63, 3.8) is 0 Å². The maximum absolute atomic E-state index is 13.7. The third-order valence-corrected chi connectivity index (χ3v) is 3.98. The van der Waals surface area contributed by atoms with Crippen LogP contribution in [0.5, 0.6) is 0 Å². The molecular weight excluding hydrogens is 324 g/mol. The lowest BCUT2D eigenvalue weighted by Crippen LogP contribution is -2.13. The highest BCUT2D eigenvalue weighted by Gasteiger charge is 2.25. The van der Waals surface area contributed by atoms with E-state index in [1.807, 2.05) is 0 Å². The van der Waals surface area contributed by atoms with E-state index in [1.54, 1.807) is 13.8 Å². The number of benzene rings is 1. The Kier molecular flexibility index (Phi) is 4.29. The zero-order valence-electron chi connectivity index (χ0n) is 11.2. The molecule has 0 bridgehead atoms. The molecule has 0 amide bonds. The van der Waals surface area contributed by atoms with Gasteiger partial charge in [-0.15, -0.1) is 10.2 Å². The Morgan fingerprint density at radius 1 is 1.29 bits per heavy atom. The van der Waals surface area contributed by atoms with E-state index in [9.17, 15) is 17.2 Å². The Morgan fingerprint density at radius 3 is 2.52 bits per heavy atom. The van der Waals surface area contributed by atoms with Crippen LogP contribution in [0.4, 0.5) is 8.78 Å². The average molecular weight is 336 g/mol. The lowest BCUT2D eigenvalue weighted by molar-refractivity contribution is 0.492. The van der Waals surface area contributed by atoms with E-state index in [4.69, 9.17) is 10.7 Å². The van der Waals surface area contributed by atoms with Gasteiger partial charge in [0, 0.05) is 23.1 Å². The van der Waals surface area contributed by atoms with E-state index < -0.39 is 25.8 Å². The van der Waals surface area contributed by atoms with E-state index in [-0.39, 0.29) is 23.9 Å². The lowest BCUT2D eigenvalue weighted by Gasteiger charge is -2.12. The summed E-state index contributed by atoms with van der Waals surface area (Å²) in [6.07, 6.45) is -0.0960. The van der Waals surface area contributed by atoms with Crippen LogP contribution in [0.15, 0.2) is 23.4 Å². The molecule has 0 aliphatic heterocycles. The molecule has 0 N–H and O–H groups in total. The second kappa shape index (κ2) is 5.69. The lowest BCUT2D eigenvalue weighted by atomic mass is 10.1. The monoisotopic (exact) mass is 335 g/mol. The number of aromatic nitrogens is 3. The molecule has 1 heterocycles. The van der Waals surface area contributed by atoms with Crippen LogP contribution in [0.3, 0.4) is 0 Å². The molecule has 114 valence electrons. The molecule has 2 aromatic rings. The second-order valence-electron chi connectivity index (χ2n) is 4.69. The van der Waals surface area contributed by atoms with Crippen molar-refractivity contribution < 1.29 is 17.2 Å². The molecule has 21 heavy (non-hydrogen) atoms. The third kappa shape index (κ3) is 3.21. The van der Waals surface area contributed by atoms with Gasteiger partial charge in [0.2, 0.25) is 0 Å². The van der Waals surface area contributed by atoms with Gasteiger partial charge in [-0.3, -0.25) is 4.57 Å². The average Bonchev–Trinajstić information content (AvgIpc) is 2.78. The molecule has 0 aliphatic rings. The fraction of sp³-hybridized carbons (Fsp3) is 0.333. The predicted octanol–water partition coefficient (Wildman–Crippen LogP) is 2.66. The molecule has 2 rings (SSSR count). The van der Waals surface area contributed by atoms with Crippen LogP contribution < -0.4 is 0 Å². The van der Waals surface area contributed by atoms with Crippen molar-refractivity contribution in [2.24, 2.45) is 0 Å². The maximum Gasteiger partial charge on any atom is 0.296 e. The zero-order chi connectivity index (χ0) is 15.8. The fourth-order valence-electron chi connectivity index (χ4n) is 1.97. The van der Waals surface area contributed by atoms with E-state index in [1.165, 1.54) is 16.7 Å². The topological polar surface area (TPSA) is 64.8 Å². The summed E-state index contributed by atoms with van der Waals surface area (Å²) >= 11 is 0. The van der Waals surface area contributed by atoms with E-state index >= 15 is 0 Å². The summed E-state index contributed by atoms with van der Waals surface area (Å²) in [5.74, 6) is -1.78. The molecule has 1 aromatic heterocycles. The van der Waals surface area contributed by atoms with E-state index in [0.29, 0.717) is 0 Å². The summed E-state index contributed by atoms with van der Waals surface area (Å²) in [5, 5.41) is 6.85. The van der Waals surface area contributed by atoms with Gasteiger partial charge in [-0.25, -0.2) is 17.2 Å². The van der Waals surface area contributed by atoms with Gasteiger partial charge in [0.05, 0.1) is 0 Å². The van der Waals surface area contributed by atoms with Crippen molar-refractivity contribution in [1.29, 1.82) is 0 Å². The molecule has 0 aliphatic carbocycles. The summed E-state index contributed by atoms with van der Waals surface area (Å²) in [6.45, 7) is 3.42. The number of nitrogens with zero attached hydrogens (tertiary/aromatic N) is 3. The summed E-state index contributed by atoms with van der Waals surface area (Å²) in [4.78, 5) is 0. The Morgan fingerprint density at radius 2 is 1.95 bits per heavy atom. The van der Waals surface area contributed by atoms with Gasteiger partial charge >= 0.3 is 0 Å². The minimum absolute atomic E-state index is 0.0582. The molecular formula is C12H12ClF2N3O2S. The smallest absolute Gasteiger partial charge is 0.296 e. The van der Waals surface area contributed by atoms with Gasteiger partial charge in [0.1, 0.15) is 5.82 Å². The van der Waals surface area contributed by atoms with Crippen molar-refractivity contribution in [3.8, 4) is 0 Å². The Balaban J connectivity index is 2.51. The maximum atomic E-state index is 13.7. The quantitative estimate of drug-likeness (QED) is 0.806. The largest absolute Gasteiger partial charge is 0.298 e. The van der Waals surface area contributed by atoms with Crippen LogP contribution in [-0.2, 0) is 15.5 Å². The van der Waals surface area contributed by atoms with Crippen LogP contribution >= 0.6 is 10.7 Å². The number of hydrogen-bond acceptors (Lipinski definition) is 4. The van der Waals surface area contributed by atoms with Crippen LogP contribution in [0.2, 0.25) is 0 Å². The minimum Gasteiger partial charge on any atom is -0.298 e. The van der Waals surface area contributed by atoms with E-state index in [0.717, 1.165) is 6.07 Å². The first-order chi connectivity index (χ1) is 9.71. The first kappa shape index (κ1) is 15.8. The number of halogens is 3. The number of rotatable bonds is 4. The van der Waals surface area contributed by atoms with Crippen LogP contribution in [0, 0.1) is 11.6 Å². The van der Waals surface area contributed by atoms with Crippen molar-refractivity contribution in [2.45, 2.75) is 31.5 Å². The van der Waals surface area contributed by atoms with Gasteiger partial charge in [-0.2, -0.15) is 0 Å². The van der Waals surface area contributed by atoms with Crippen molar-refractivity contribution in [1.82, 2.24) is 14.8 Å². The van der Waals surface area contributed by atoms with Gasteiger partial charge in [-0.1, -0.05) is 12.1 Å². The highest BCUT2D eigenvalue weighted by molar-refractivity contribution is 8.13. The SMILES string of the molecule is CC(C)n1c(Cc2cccc(F)c2F)nnc1S(=O)(=O)Cl. The zero-order valence-corrected chi connectivity index (χ0v) is 12.8. The van der Waals surface area contributed by atoms with Crippen LogP contribution in [-0.4, -0.2) is 23.2 Å². The summed E-state index contributed by atoms with van der Waals surface area (Å²) < 4.78 is 51.1. The predicted molar refractivity (Wildman–Crippen MR) is 72.6 cm³/mol. The second-order valence-corrected chi connectivity index (χ2v) is 7.15. The Hall–Kier alpha value is -1.54. The van der Waals surface area contributed by atoms with Gasteiger partial charge in [0.25, 0.3) is 14.2 Å². The Labute approximate surface area is 125 Å². The van der Waals surface area contributed by atoms with Gasteiger partial charge in [0.15, 0.2) is 11.6 Å².